The SMILES string of the molecule is Cc1cc(C(F)F)cc([N+](=O)[O-])n1. The molecule has 1 rings (SSSR count). The van der Waals surface area contributed by atoms with Gasteiger partial charge in [-0.05, 0) is 16.0 Å². The molecule has 0 aliphatic carbocycles. The van der Waals surface area contributed by atoms with Crippen LogP contribution in [0.15, 0.2) is 12.1 Å². The summed E-state index contributed by atoms with van der Waals surface area (Å²) in [6, 6.07) is 1.90. The first-order chi connectivity index (χ1) is 6.00. The lowest BCUT2D eigenvalue weighted by Crippen LogP contribution is -1.96. The zero-order valence-electron chi connectivity index (χ0n) is 6.70. The third-order valence-corrected chi connectivity index (χ3v) is 1.40. The van der Waals surface area contributed by atoms with Crippen LogP contribution < -0.4 is 0 Å². The highest BCUT2D eigenvalue weighted by atomic mass is 19.3. The van der Waals surface area contributed by atoms with Gasteiger partial charge in [-0.15, -0.1) is 0 Å². The van der Waals surface area contributed by atoms with Gasteiger partial charge in [-0.25, -0.2) is 8.78 Å². The van der Waals surface area contributed by atoms with Gasteiger partial charge in [0, 0.05) is 18.6 Å². The highest BCUT2D eigenvalue weighted by molar-refractivity contribution is 5.29. The van der Waals surface area contributed by atoms with Crippen molar-refractivity contribution in [2.24, 2.45) is 0 Å². The molecular weight excluding hydrogens is 182 g/mol. The topological polar surface area (TPSA) is 56.0 Å². The minimum atomic E-state index is -2.71. The molecule has 0 N–H and O–H groups in total. The van der Waals surface area contributed by atoms with Gasteiger partial charge in [0.25, 0.3) is 6.43 Å². The first kappa shape index (κ1) is 9.50. The standard InChI is InChI=1S/C7H6F2N2O2/c1-4-2-5(7(8)9)3-6(10-4)11(12)13/h2-3,7H,1H3. The average Bonchev–Trinajstić information content (AvgIpc) is 2.03. The molecule has 1 aromatic heterocycles. The van der Waals surface area contributed by atoms with E-state index in [0.717, 1.165) is 12.1 Å². The van der Waals surface area contributed by atoms with Crippen LogP contribution in [0.1, 0.15) is 17.7 Å². The van der Waals surface area contributed by atoms with E-state index in [1.165, 1.54) is 6.92 Å². The summed E-state index contributed by atoms with van der Waals surface area (Å²) in [5.41, 5.74) is -0.163. The lowest BCUT2D eigenvalue weighted by molar-refractivity contribution is -0.389. The summed E-state index contributed by atoms with van der Waals surface area (Å²) in [6.45, 7) is 1.43. The molecule has 0 aliphatic heterocycles. The third-order valence-electron chi connectivity index (χ3n) is 1.40. The second-order valence-electron chi connectivity index (χ2n) is 2.46. The molecule has 0 spiro atoms. The lowest BCUT2D eigenvalue weighted by Gasteiger charge is -1.98. The van der Waals surface area contributed by atoms with Gasteiger partial charge in [0.1, 0.15) is 5.69 Å². The van der Waals surface area contributed by atoms with Crippen molar-refractivity contribution in [1.29, 1.82) is 0 Å². The number of alkyl halides is 2. The normalized spacial score (nSPS) is 10.5. The van der Waals surface area contributed by atoms with Crippen molar-refractivity contribution >= 4 is 5.82 Å². The van der Waals surface area contributed by atoms with Gasteiger partial charge in [0.05, 0.1) is 0 Å². The van der Waals surface area contributed by atoms with Crippen molar-refractivity contribution in [1.82, 2.24) is 4.98 Å². The summed E-state index contributed by atoms with van der Waals surface area (Å²) in [6.07, 6.45) is -2.71. The predicted molar refractivity (Wildman–Crippen MR) is 40.6 cm³/mol. The first-order valence-electron chi connectivity index (χ1n) is 3.42. The van der Waals surface area contributed by atoms with Gasteiger partial charge in [-0.1, -0.05) is 0 Å². The number of aryl methyl sites for hydroxylation is 1. The number of aromatic nitrogens is 1. The smallest absolute Gasteiger partial charge is 0.358 e. The summed E-state index contributed by atoms with van der Waals surface area (Å²) in [5, 5.41) is 10.2. The summed E-state index contributed by atoms with van der Waals surface area (Å²) >= 11 is 0. The van der Waals surface area contributed by atoms with Crippen molar-refractivity contribution in [3.05, 3.63) is 33.5 Å². The number of nitro groups is 1. The highest BCUT2D eigenvalue weighted by Gasteiger charge is 2.15. The summed E-state index contributed by atoms with van der Waals surface area (Å²) in [7, 11) is 0. The molecule has 0 bridgehead atoms. The summed E-state index contributed by atoms with van der Waals surface area (Å²) in [4.78, 5) is 12.9. The largest absolute Gasteiger partial charge is 0.364 e. The van der Waals surface area contributed by atoms with Crippen LogP contribution in [0.5, 0.6) is 0 Å². The minimum Gasteiger partial charge on any atom is -0.358 e. The van der Waals surface area contributed by atoms with Crippen LogP contribution in [0.3, 0.4) is 0 Å². The maximum atomic E-state index is 12.1. The Kier molecular flexibility index (Phi) is 2.50. The number of hydrogen-bond acceptors (Lipinski definition) is 3. The molecule has 0 saturated heterocycles. The fourth-order valence-corrected chi connectivity index (χ4v) is 0.897. The number of nitrogens with zero attached hydrogens (tertiary/aromatic N) is 2. The van der Waals surface area contributed by atoms with E-state index >= 15 is 0 Å². The van der Waals surface area contributed by atoms with Crippen molar-refractivity contribution in [3.63, 3.8) is 0 Å². The van der Waals surface area contributed by atoms with Crippen molar-refractivity contribution < 1.29 is 13.7 Å². The van der Waals surface area contributed by atoms with Crippen LogP contribution in [-0.2, 0) is 0 Å². The molecule has 1 aromatic rings. The number of rotatable bonds is 2. The van der Waals surface area contributed by atoms with Gasteiger partial charge in [-0.3, -0.25) is 0 Å². The minimum absolute atomic E-state index is 0.213. The Morgan fingerprint density at radius 2 is 2.15 bits per heavy atom. The maximum absolute atomic E-state index is 12.1. The van der Waals surface area contributed by atoms with E-state index in [9.17, 15) is 18.9 Å². The molecular formula is C7H6F2N2O2. The highest BCUT2D eigenvalue weighted by Crippen LogP contribution is 2.22. The van der Waals surface area contributed by atoms with Crippen LogP contribution in [0, 0.1) is 17.0 Å². The molecule has 13 heavy (non-hydrogen) atoms. The van der Waals surface area contributed by atoms with Crippen LogP contribution in [-0.4, -0.2) is 9.91 Å². The first-order valence-corrected chi connectivity index (χ1v) is 3.42. The van der Waals surface area contributed by atoms with E-state index in [1.54, 1.807) is 0 Å². The van der Waals surface area contributed by atoms with E-state index in [0.29, 0.717) is 0 Å². The van der Waals surface area contributed by atoms with Crippen LogP contribution in [0.4, 0.5) is 14.6 Å². The van der Waals surface area contributed by atoms with Crippen molar-refractivity contribution in [2.75, 3.05) is 0 Å². The monoisotopic (exact) mass is 188 g/mol. The summed E-state index contributed by atoms with van der Waals surface area (Å²) < 4.78 is 24.3. The Balaban J connectivity index is 3.19. The second kappa shape index (κ2) is 3.42. The molecule has 0 fully saturated rings. The molecule has 0 unspecified atom stereocenters. The molecule has 0 amide bonds. The van der Waals surface area contributed by atoms with Crippen LogP contribution >= 0.6 is 0 Å². The van der Waals surface area contributed by atoms with Crippen LogP contribution in [0.25, 0.3) is 0 Å². The van der Waals surface area contributed by atoms with E-state index in [1.807, 2.05) is 0 Å². The Bertz CT molecular complexity index is 341. The molecule has 4 nitrogen and oxygen atoms in total. The molecule has 70 valence electrons. The average molecular weight is 188 g/mol. The Morgan fingerprint density at radius 3 is 2.62 bits per heavy atom. The molecule has 0 saturated carbocycles. The zero-order chi connectivity index (χ0) is 10.0. The second-order valence-corrected chi connectivity index (χ2v) is 2.46. The summed E-state index contributed by atoms with van der Waals surface area (Å²) in [5.74, 6) is -0.546. The fraction of sp³-hybridized carbons (Fsp3) is 0.286. The molecule has 6 heteroatoms. The van der Waals surface area contributed by atoms with Gasteiger partial charge in [0.15, 0.2) is 0 Å². The van der Waals surface area contributed by atoms with Gasteiger partial charge in [0.2, 0.25) is 0 Å². The van der Waals surface area contributed by atoms with Crippen molar-refractivity contribution in [2.45, 2.75) is 13.3 Å². The molecule has 0 radical (unpaired) electrons. The molecule has 0 aliphatic rings. The Labute approximate surface area is 72.4 Å². The zero-order valence-corrected chi connectivity index (χ0v) is 6.70. The van der Waals surface area contributed by atoms with E-state index in [2.05, 4.69) is 4.98 Å². The van der Waals surface area contributed by atoms with Crippen LogP contribution in [0.2, 0.25) is 0 Å². The van der Waals surface area contributed by atoms with Gasteiger partial charge < -0.3 is 10.1 Å². The van der Waals surface area contributed by atoms with Crippen molar-refractivity contribution in [3.8, 4) is 0 Å². The number of hydrogen-bond donors (Lipinski definition) is 0. The Morgan fingerprint density at radius 1 is 1.54 bits per heavy atom. The molecule has 0 aromatic carbocycles. The van der Waals surface area contributed by atoms with E-state index < -0.39 is 17.2 Å². The molecule has 0 atom stereocenters. The van der Waals surface area contributed by atoms with E-state index in [4.69, 9.17) is 0 Å². The number of pyridine rings is 1. The van der Waals surface area contributed by atoms with E-state index in [-0.39, 0.29) is 11.3 Å². The van der Waals surface area contributed by atoms with Gasteiger partial charge >= 0.3 is 5.82 Å². The third kappa shape index (κ3) is 2.17. The van der Waals surface area contributed by atoms with Gasteiger partial charge in [-0.2, -0.15) is 0 Å². The fourth-order valence-electron chi connectivity index (χ4n) is 0.897. The molecule has 1 heterocycles. The quantitative estimate of drug-likeness (QED) is 0.528. The Hall–Kier alpha value is -1.59. The predicted octanol–water partition coefficient (Wildman–Crippen LogP) is 2.24. The maximum Gasteiger partial charge on any atom is 0.364 e. The number of halogens is 2. The lowest BCUT2D eigenvalue weighted by atomic mass is 10.2.